The lowest BCUT2D eigenvalue weighted by Gasteiger charge is -2.30. The monoisotopic (exact) mass is 534 g/mol. The van der Waals surface area contributed by atoms with E-state index in [0.29, 0.717) is 37.1 Å². The van der Waals surface area contributed by atoms with E-state index in [-0.39, 0.29) is 24.8 Å². The molecule has 0 radical (unpaired) electrons. The number of nitriles is 1. The summed E-state index contributed by atoms with van der Waals surface area (Å²) < 4.78 is 50.4. The van der Waals surface area contributed by atoms with Gasteiger partial charge in [0.25, 0.3) is 0 Å². The van der Waals surface area contributed by atoms with Gasteiger partial charge in [0.15, 0.2) is 11.6 Å². The lowest BCUT2D eigenvalue weighted by molar-refractivity contribution is -0.207. The fourth-order valence-corrected chi connectivity index (χ4v) is 6.25. The number of esters is 1. The summed E-state index contributed by atoms with van der Waals surface area (Å²) in [5.74, 6) is -1.12. The summed E-state index contributed by atoms with van der Waals surface area (Å²) in [5, 5.41) is 14.6. The number of carbonyl (C=O) groups excluding carboxylic acids is 1. The molecule has 0 unspecified atom stereocenters. The zero-order valence-electron chi connectivity index (χ0n) is 20.9. The number of nitrogens with two attached hydrogens (primary N) is 1. The average Bonchev–Trinajstić information content (AvgIpc) is 3.48. The Labute approximate surface area is 214 Å². The number of piperidine rings is 1. The van der Waals surface area contributed by atoms with Crippen LogP contribution in [-0.2, 0) is 39.4 Å². The minimum absolute atomic E-state index is 0.0307. The average molecular weight is 535 g/mol. The van der Waals surface area contributed by atoms with Crippen molar-refractivity contribution in [2.75, 3.05) is 31.7 Å². The van der Waals surface area contributed by atoms with Crippen molar-refractivity contribution in [1.29, 1.82) is 5.26 Å². The predicted octanol–water partition coefficient (Wildman–Crippen LogP) is 0.554. The third-order valence-electron chi connectivity index (χ3n) is 7.17. The number of fused-ring (bicyclic) bond motifs is 2. The van der Waals surface area contributed by atoms with Crippen LogP contribution in [0.4, 0.5) is 5.82 Å². The number of ether oxygens (including phenoxy) is 4. The molecular weight excluding hydrogens is 504 g/mol. The molecule has 5 rings (SSSR count). The van der Waals surface area contributed by atoms with Crippen molar-refractivity contribution in [1.82, 2.24) is 18.9 Å². The van der Waals surface area contributed by atoms with Crippen molar-refractivity contribution in [2.24, 2.45) is 5.92 Å². The summed E-state index contributed by atoms with van der Waals surface area (Å²) >= 11 is 0. The number of nitrogen functional groups attached to an aromatic ring is 1. The van der Waals surface area contributed by atoms with E-state index in [4.69, 9.17) is 24.7 Å². The fraction of sp³-hybridized carbons (Fsp3) is 0.652. The second-order valence-electron chi connectivity index (χ2n) is 10.2. The lowest BCUT2D eigenvalue weighted by Crippen LogP contribution is -2.40. The largest absolute Gasteiger partial charge is 0.463 e. The van der Waals surface area contributed by atoms with Crippen LogP contribution in [0.5, 0.6) is 0 Å². The topological polar surface area (TPSA) is 171 Å². The molecule has 0 saturated carbocycles. The van der Waals surface area contributed by atoms with Crippen molar-refractivity contribution in [3.63, 3.8) is 0 Å². The molecular formula is C23H30N6O7S. The first-order chi connectivity index (χ1) is 17.4. The van der Waals surface area contributed by atoms with Gasteiger partial charge in [-0.1, -0.05) is 0 Å². The van der Waals surface area contributed by atoms with Gasteiger partial charge in [0, 0.05) is 19.5 Å². The quantitative estimate of drug-likeness (QED) is 0.513. The maximum atomic E-state index is 12.7. The summed E-state index contributed by atoms with van der Waals surface area (Å²) in [4.78, 5) is 16.6. The van der Waals surface area contributed by atoms with E-state index in [0.717, 1.165) is 0 Å². The van der Waals surface area contributed by atoms with Crippen LogP contribution in [0.25, 0.3) is 5.52 Å². The SMILES string of the molecule is CC1(C)O[C@H]2[C@@H](O1)[C@](C#N)(c1ccc3c(N)ncnn13)O[C@@H]2COC(=O)CC1CCN(S(C)(=O)=O)CC1. The number of nitrogens with zero attached hydrogens (tertiary/aromatic N) is 5. The smallest absolute Gasteiger partial charge is 0.306 e. The third-order valence-corrected chi connectivity index (χ3v) is 8.47. The van der Waals surface area contributed by atoms with Crippen LogP contribution in [0.1, 0.15) is 38.8 Å². The first kappa shape index (κ1) is 25.8. The maximum absolute atomic E-state index is 12.7. The Morgan fingerprint density at radius 1 is 1.27 bits per heavy atom. The summed E-state index contributed by atoms with van der Waals surface area (Å²) in [6.45, 7) is 4.13. The molecule has 2 aromatic rings. The Morgan fingerprint density at radius 3 is 2.68 bits per heavy atom. The van der Waals surface area contributed by atoms with Gasteiger partial charge in [-0.3, -0.25) is 4.79 Å². The number of hydrogen-bond donors (Lipinski definition) is 1. The van der Waals surface area contributed by atoms with Gasteiger partial charge >= 0.3 is 5.97 Å². The van der Waals surface area contributed by atoms with Crippen LogP contribution in [0, 0.1) is 17.2 Å². The normalized spacial score (nSPS) is 30.3. The molecule has 5 heterocycles. The zero-order valence-corrected chi connectivity index (χ0v) is 21.7. The second-order valence-corrected chi connectivity index (χ2v) is 12.2. The van der Waals surface area contributed by atoms with Gasteiger partial charge in [-0.2, -0.15) is 10.4 Å². The summed E-state index contributed by atoms with van der Waals surface area (Å²) in [6.07, 6.45) is 1.56. The molecule has 4 atom stereocenters. The molecule has 3 aliphatic heterocycles. The molecule has 0 amide bonds. The Morgan fingerprint density at radius 2 is 2.00 bits per heavy atom. The van der Waals surface area contributed by atoms with E-state index in [2.05, 4.69) is 16.2 Å². The van der Waals surface area contributed by atoms with E-state index >= 15 is 0 Å². The van der Waals surface area contributed by atoms with Gasteiger partial charge in [0.1, 0.15) is 42.8 Å². The number of sulfonamides is 1. The van der Waals surface area contributed by atoms with Crippen LogP contribution < -0.4 is 5.73 Å². The number of aromatic nitrogens is 3. The number of hydrogen-bond acceptors (Lipinski definition) is 11. The molecule has 14 heteroatoms. The molecule has 0 bridgehead atoms. The third kappa shape index (κ3) is 4.66. The molecule has 0 aliphatic carbocycles. The molecule has 3 fully saturated rings. The van der Waals surface area contributed by atoms with Crippen LogP contribution in [-0.4, -0.2) is 83.3 Å². The molecule has 3 saturated heterocycles. The standard InChI is InChI=1S/C23H30N6O7S/c1-22(2)35-19-16(11-33-18(30)10-14-6-8-28(9-7-14)37(3,31)32)34-23(12-24,20(19)36-22)17-5-4-15-21(25)26-13-27-29(15)17/h4-5,13-14,16,19-20H,6-11H2,1-3H3,(H2,25,26,27)/t16-,19-,20-,23+/m1/s1. The van der Waals surface area contributed by atoms with E-state index in [1.54, 1.807) is 26.0 Å². The van der Waals surface area contributed by atoms with Gasteiger partial charge in [0.05, 0.1) is 11.9 Å². The number of rotatable bonds is 6. The van der Waals surface area contributed by atoms with E-state index in [9.17, 15) is 18.5 Å². The molecule has 0 spiro atoms. The van der Waals surface area contributed by atoms with Crippen molar-refractivity contribution < 1.29 is 32.2 Å². The Balaban J connectivity index is 1.30. The molecule has 2 aromatic heterocycles. The van der Waals surface area contributed by atoms with Gasteiger partial charge < -0.3 is 24.7 Å². The van der Waals surface area contributed by atoms with Gasteiger partial charge in [0.2, 0.25) is 15.6 Å². The van der Waals surface area contributed by atoms with Crippen LogP contribution in [0.2, 0.25) is 0 Å². The summed E-state index contributed by atoms with van der Waals surface area (Å²) in [6, 6.07) is 5.64. The minimum Gasteiger partial charge on any atom is -0.463 e. The minimum atomic E-state index is -3.23. The maximum Gasteiger partial charge on any atom is 0.306 e. The zero-order chi connectivity index (χ0) is 26.6. The van der Waals surface area contributed by atoms with Crippen LogP contribution in [0.15, 0.2) is 18.5 Å². The van der Waals surface area contributed by atoms with Gasteiger partial charge in [-0.05, 0) is 44.7 Å². The van der Waals surface area contributed by atoms with Crippen molar-refractivity contribution in [3.8, 4) is 6.07 Å². The summed E-state index contributed by atoms with van der Waals surface area (Å²) in [7, 11) is -3.23. The molecule has 13 nitrogen and oxygen atoms in total. The van der Waals surface area contributed by atoms with Crippen molar-refractivity contribution in [3.05, 3.63) is 24.2 Å². The van der Waals surface area contributed by atoms with Crippen molar-refractivity contribution >= 4 is 27.3 Å². The fourth-order valence-electron chi connectivity index (χ4n) is 5.38. The highest BCUT2D eigenvalue weighted by Gasteiger charge is 2.65. The number of carbonyl (C=O) groups is 1. The molecule has 200 valence electrons. The Hall–Kier alpha value is -2.83. The summed E-state index contributed by atoms with van der Waals surface area (Å²) in [5.41, 5.74) is 5.30. The van der Waals surface area contributed by atoms with E-state index < -0.39 is 45.7 Å². The number of anilines is 1. The van der Waals surface area contributed by atoms with Gasteiger partial charge in [-0.25, -0.2) is 22.2 Å². The van der Waals surface area contributed by atoms with E-state index in [1.165, 1.54) is 21.4 Å². The van der Waals surface area contributed by atoms with Gasteiger partial charge in [-0.15, -0.1) is 0 Å². The van der Waals surface area contributed by atoms with Crippen LogP contribution in [0.3, 0.4) is 0 Å². The van der Waals surface area contributed by atoms with E-state index in [1.807, 2.05) is 0 Å². The highest BCUT2D eigenvalue weighted by molar-refractivity contribution is 7.88. The van der Waals surface area contributed by atoms with Crippen molar-refractivity contribution in [2.45, 2.75) is 62.8 Å². The second kappa shape index (κ2) is 9.17. The van der Waals surface area contributed by atoms with Crippen LogP contribution >= 0.6 is 0 Å². The highest BCUT2D eigenvalue weighted by atomic mass is 32.2. The lowest BCUT2D eigenvalue weighted by atomic mass is 9.92. The molecule has 3 aliphatic rings. The Bertz CT molecular complexity index is 1350. The molecule has 2 N–H and O–H groups in total. The highest BCUT2D eigenvalue weighted by Crippen LogP contribution is 2.49. The first-order valence-electron chi connectivity index (χ1n) is 12.1. The first-order valence-corrected chi connectivity index (χ1v) is 13.9. The predicted molar refractivity (Wildman–Crippen MR) is 128 cm³/mol. The molecule has 0 aromatic carbocycles. The Kier molecular flexibility index (Phi) is 6.40. The molecule has 37 heavy (non-hydrogen) atoms.